The minimum atomic E-state index is -0.462. The lowest BCUT2D eigenvalue weighted by Gasteiger charge is -2.13. The molecule has 1 N–H and O–H groups in total. The normalized spacial score (nSPS) is 11.5. The SMILES string of the molecule is CCCC(C)NC(=O)COC(=O)Cc1ccc(OC)c(OC)c1. The van der Waals surface area contributed by atoms with E-state index in [1.807, 2.05) is 13.8 Å². The molecule has 0 fully saturated rings. The van der Waals surface area contributed by atoms with Crippen LogP contribution >= 0.6 is 0 Å². The van der Waals surface area contributed by atoms with Crippen LogP contribution in [0.5, 0.6) is 11.5 Å². The number of methoxy groups -OCH3 is 2. The lowest BCUT2D eigenvalue weighted by atomic mass is 10.1. The Morgan fingerprint density at radius 3 is 2.48 bits per heavy atom. The molecular weight excluding hydrogens is 298 g/mol. The van der Waals surface area contributed by atoms with Gasteiger partial charge in [-0.2, -0.15) is 0 Å². The molecule has 0 aliphatic rings. The molecule has 0 radical (unpaired) electrons. The van der Waals surface area contributed by atoms with Crippen LogP contribution in [0.15, 0.2) is 18.2 Å². The second-order valence-electron chi connectivity index (χ2n) is 5.28. The van der Waals surface area contributed by atoms with Crippen molar-refractivity contribution in [2.45, 2.75) is 39.2 Å². The number of amides is 1. The quantitative estimate of drug-likeness (QED) is 0.705. The van der Waals surface area contributed by atoms with Gasteiger partial charge in [0.2, 0.25) is 0 Å². The van der Waals surface area contributed by atoms with Crippen molar-refractivity contribution in [3.8, 4) is 11.5 Å². The van der Waals surface area contributed by atoms with E-state index >= 15 is 0 Å². The van der Waals surface area contributed by atoms with Crippen LogP contribution in [0, 0.1) is 0 Å². The number of carbonyl (C=O) groups is 2. The lowest BCUT2D eigenvalue weighted by Crippen LogP contribution is -2.35. The summed E-state index contributed by atoms with van der Waals surface area (Å²) in [6, 6.07) is 5.27. The molecular formula is C17H25NO5. The van der Waals surface area contributed by atoms with Gasteiger partial charge in [-0.1, -0.05) is 19.4 Å². The van der Waals surface area contributed by atoms with Gasteiger partial charge in [-0.25, -0.2) is 0 Å². The zero-order valence-corrected chi connectivity index (χ0v) is 14.2. The highest BCUT2D eigenvalue weighted by atomic mass is 16.5. The van der Waals surface area contributed by atoms with Gasteiger partial charge in [-0.3, -0.25) is 9.59 Å². The van der Waals surface area contributed by atoms with E-state index < -0.39 is 5.97 Å². The second-order valence-corrected chi connectivity index (χ2v) is 5.28. The molecule has 128 valence electrons. The van der Waals surface area contributed by atoms with E-state index in [1.165, 1.54) is 7.11 Å². The van der Waals surface area contributed by atoms with Crippen LogP contribution in [0.1, 0.15) is 32.3 Å². The molecule has 1 rings (SSSR count). The molecule has 0 aliphatic carbocycles. The topological polar surface area (TPSA) is 73.9 Å². The summed E-state index contributed by atoms with van der Waals surface area (Å²) in [6.45, 7) is 3.71. The molecule has 1 aromatic carbocycles. The Balaban J connectivity index is 2.46. The molecule has 1 atom stereocenters. The van der Waals surface area contributed by atoms with E-state index in [1.54, 1.807) is 25.3 Å². The standard InChI is InChI=1S/C17H25NO5/c1-5-6-12(2)18-16(19)11-23-17(20)10-13-7-8-14(21-3)15(9-13)22-4/h7-9,12H,5-6,10-11H2,1-4H3,(H,18,19). The molecule has 1 aromatic rings. The Morgan fingerprint density at radius 2 is 1.87 bits per heavy atom. The molecule has 0 saturated carbocycles. The highest BCUT2D eigenvalue weighted by molar-refractivity contribution is 5.81. The minimum absolute atomic E-state index is 0.0676. The Hall–Kier alpha value is -2.24. The zero-order valence-electron chi connectivity index (χ0n) is 14.2. The first-order valence-electron chi connectivity index (χ1n) is 7.66. The highest BCUT2D eigenvalue weighted by Gasteiger charge is 2.12. The first kappa shape index (κ1) is 18.8. The van der Waals surface area contributed by atoms with Crippen LogP contribution in [0.25, 0.3) is 0 Å². The fourth-order valence-electron chi connectivity index (χ4n) is 2.18. The lowest BCUT2D eigenvalue weighted by molar-refractivity contribution is -0.148. The molecule has 6 nitrogen and oxygen atoms in total. The van der Waals surface area contributed by atoms with Crippen molar-refractivity contribution in [2.75, 3.05) is 20.8 Å². The Bertz CT molecular complexity index is 530. The van der Waals surface area contributed by atoms with E-state index in [2.05, 4.69) is 5.32 Å². The average molecular weight is 323 g/mol. The largest absolute Gasteiger partial charge is 0.493 e. The Morgan fingerprint density at radius 1 is 1.17 bits per heavy atom. The molecule has 6 heteroatoms. The van der Waals surface area contributed by atoms with Crippen LogP contribution in [0.3, 0.4) is 0 Å². The van der Waals surface area contributed by atoms with Gasteiger partial charge in [-0.05, 0) is 31.0 Å². The predicted octanol–water partition coefficient (Wildman–Crippen LogP) is 2.09. The first-order chi connectivity index (χ1) is 11.0. The fraction of sp³-hybridized carbons (Fsp3) is 0.529. The highest BCUT2D eigenvalue weighted by Crippen LogP contribution is 2.27. The van der Waals surface area contributed by atoms with E-state index in [0.717, 1.165) is 18.4 Å². The van der Waals surface area contributed by atoms with E-state index in [9.17, 15) is 9.59 Å². The summed E-state index contributed by atoms with van der Waals surface area (Å²) < 4.78 is 15.3. The average Bonchev–Trinajstić information content (AvgIpc) is 2.53. The number of benzene rings is 1. The number of hydrogen-bond acceptors (Lipinski definition) is 5. The second kappa shape index (κ2) is 9.71. The third-order valence-electron chi connectivity index (χ3n) is 3.29. The third kappa shape index (κ3) is 6.59. The molecule has 0 bridgehead atoms. The van der Waals surface area contributed by atoms with Crippen molar-refractivity contribution in [3.05, 3.63) is 23.8 Å². The third-order valence-corrected chi connectivity index (χ3v) is 3.29. The summed E-state index contributed by atoms with van der Waals surface area (Å²) in [5.41, 5.74) is 0.729. The maximum absolute atomic E-state index is 11.8. The number of esters is 1. The summed E-state index contributed by atoms with van der Waals surface area (Å²) >= 11 is 0. The number of rotatable bonds is 9. The predicted molar refractivity (Wildman–Crippen MR) is 86.7 cm³/mol. The summed E-state index contributed by atoms with van der Waals surface area (Å²) in [4.78, 5) is 23.5. The molecule has 0 heterocycles. The van der Waals surface area contributed by atoms with Crippen molar-refractivity contribution in [1.82, 2.24) is 5.32 Å². The van der Waals surface area contributed by atoms with Gasteiger partial charge in [0.25, 0.3) is 5.91 Å². The molecule has 23 heavy (non-hydrogen) atoms. The van der Waals surface area contributed by atoms with Crippen LogP contribution < -0.4 is 14.8 Å². The van der Waals surface area contributed by atoms with Gasteiger partial charge in [0.15, 0.2) is 18.1 Å². The number of hydrogen-bond donors (Lipinski definition) is 1. The Kier molecular flexibility index (Phi) is 7.94. The molecule has 0 aromatic heterocycles. The first-order valence-corrected chi connectivity index (χ1v) is 7.66. The number of ether oxygens (including phenoxy) is 3. The maximum atomic E-state index is 11.8. The molecule has 0 spiro atoms. The van der Waals surface area contributed by atoms with Gasteiger partial charge in [0.05, 0.1) is 20.6 Å². The smallest absolute Gasteiger partial charge is 0.310 e. The minimum Gasteiger partial charge on any atom is -0.493 e. The zero-order chi connectivity index (χ0) is 17.2. The van der Waals surface area contributed by atoms with Gasteiger partial charge >= 0.3 is 5.97 Å². The van der Waals surface area contributed by atoms with Gasteiger partial charge in [0, 0.05) is 6.04 Å². The Labute approximate surface area is 137 Å². The van der Waals surface area contributed by atoms with Crippen LogP contribution in [0.2, 0.25) is 0 Å². The van der Waals surface area contributed by atoms with Crippen LogP contribution in [-0.4, -0.2) is 38.7 Å². The van der Waals surface area contributed by atoms with E-state index in [-0.39, 0.29) is 25.0 Å². The molecule has 0 aliphatic heterocycles. The van der Waals surface area contributed by atoms with Crippen LogP contribution in [0.4, 0.5) is 0 Å². The maximum Gasteiger partial charge on any atom is 0.310 e. The molecule has 1 unspecified atom stereocenters. The van der Waals surface area contributed by atoms with Crippen molar-refractivity contribution in [1.29, 1.82) is 0 Å². The van der Waals surface area contributed by atoms with Gasteiger partial charge in [0.1, 0.15) is 0 Å². The number of carbonyl (C=O) groups excluding carboxylic acids is 2. The summed E-state index contributed by atoms with van der Waals surface area (Å²) in [7, 11) is 3.08. The summed E-state index contributed by atoms with van der Waals surface area (Å²) in [5, 5.41) is 2.78. The summed E-state index contributed by atoms with van der Waals surface area (Å²) in [6.07, 6.45) is 1.95. The van der Waals surface area contributed by atoms with E-state index in [4.69, 9.17) is 14.2 Å². The monoisotopic (exact) mass is 323 g/mol. The van der Waals surface area contributed by atoms with Crippen molar-refractivity contribution in [3.63, 3.8) is 0 Å². The van der Waals surface area contributed by atoms with E-state index in [0.29, 0.717) is 11.5 Å². The van der Waals surface area contributed by atoms with Crippen molar-refractivity contribution in [2.24, 2.45) is 0 Å². The van der Waals surface area contributed by atoms with Gasteiger partial charge < -0.3 is 19.5 Å². The molecule has 0 saturated heterocycles. The fourth-order valence-corrected chi connectivity index (χ4v) is 2.18. The molecule has 1 amide bonds. The number of nitrogens with one attached hydrogen (secondary N) is 1. The van der Waals surface area contributed by atoms with Gasteiger partial charge in [-0.15, -0.1) is 0 Å². The van der Waals surface area contributed by atoms with Crippen molar-refractivity contribution >= 4 is 11.9 Å². The summed E-state index contributed by atoms with van der Waals surface area (Å²) in [5.74, 6) is 0.389. The van der Waals surface area contributed by atoms with Crippen LogP contribution in [-0.2, 0) is 20.7 Å². The van der Waals surface area contributed by atoms with Crippen molar-refractivity contribution < 1.29 is 23.8 Å².